The molecule has 0 saturated heterocycles. The zero-order chi connectivity index (χ0) is 21.1. The molecule has 0 radical (unpaired) electrons. The Bertz CT molecular complexity index is 459. The molecule has 0 fully saturated rings. The lowest BCUT2D eigenvalue weighted by Gasteiger charge is -1.99. The number of carboxylic acid groups (broad SMARTS) is 2. The Morgan fingerprint density at radius 1 is 0.769 bits per heavy atom. The third-order valence-electron chi connectivity index (χ3n) is 2.17. The summed E-state index contributed by atoms with van der Waals surface area (Å²) in [6, 6.07) is 0. The molecule has 0 unspecified atom stereocenters. The fourth-order valence-electron chi connectivity index (χ4n) is 0.842. The summed E-state index contributed by atoms with van der Waals surface area (Å²) in [6.07, 6.45) is 3.95. The van der Waals surface area contributed by atoms with Gasteiger partial charge in [0, 0.05) is 24.0 Å². The van der Waals surface area contributed by atoms with Gasteiger partial charge < -0.3 is 19.7 Å². The number of carboxylic acids is 2. The van der Waals surface area contributed by atoms with Gasteiger partial charge in [-0.15, -0.1) is 0 Å². The molecular formula is C18H26O8. The summed E-state index contributed by atoms with van der Waals surface area (Å²) in [5.41, 5.74) is 0.352. The molecule has 0 amide bonds. The lowest BCUT2D eigenvalue weighted by atomic mass is 10.2. The summed E-state index contributed by atoms with van der Waals surface area (Å²) < 4.78 is 8.98. The molecule has 0 bridgehead atoms. The maximum absolute atomic E-state index is 10.8. The lowest BCUT2D eigenvalue weighted by molar-refractivity contribution is -0.140. The van der Waals surface area contributed by atoms with Crippen molar-refractivity contribution in [2.75, 3.05) is 0 Å². The predicted octanol–water partition coefficient (Wildman–Crippen LogP) is 3.21. The van der Waals surface area contributed by atoms with Crippen molar-refractivity contribution in [2.45, 2.75) is 39.5 Å². The van der Waals surface area contributed by atoms with Gasteiger partial charge in [-0.25, -0.2) is 9.59 Å². The van der Waals surface area contributed by atoms with Crippen LogP contribution in [0.25, 0.3) is 0 Å². The number of ether oxygens (including phenoxy) is 2. The maximum atomic E-state index is 10.8. The van der Waals surface area contributed by atoms with Crippen LogP contribution in [-0.4, -0.2) is 34.1 Å². The predicted molar refractivity (Wildman–Crippen MR) is 95.9 cm³/mol. The standard InChI is InChI=1S/C10H14O4.2C4H6O2/c1-3-13-9(11)7-5-6-8-10(12)14-4-2;2*1-3(2)4(5)6/h3-4H,1-2,5-8H2;2*1H2,2H3,(H,5,6). The van der Waals surface area contributed by atoms with Crippen LogP contribution in [0.4, 0.5) is 0 Å². The largest absolute Gasteiger partial charge is 0.478 e. The van der Waals surface area contributed by atoms with Gasteiger partial charge in [-0.05, 0) is 26.7 Å². The topological polar surface area (TPSA) is 127 Å². The highest BCUT2D eigenvalue weighted by molar-refractivity contribution is 5.85. The minimum Gasteiger partial charge on any atom is -0.478 e. The molecule has 0 rings (SSSR count). The number of hydrogen-bond donors (Lipinski definition) is 2. The summed E-state index contributed by atoms with van der Waals surface area (Å²) >= 11 is 0. The van der Waals surface area contributed by atoms with Crippen LogP contribution in [-0.2, 0) is 28.7 Å². The molecule has 0 aliphatic carbocycles. The summed E-state index contributed by atoms with van der Waals surface area (Å²) in [5, 5.41) is 15.8. The number of carbonyl (C=O) groups excluding carboxylic acids is 2. The van der Waals surface area contributed by atoms with E-state index in [2.05, 4.69) is 35.8 Å². The molecule has 0 aliphatic rings. The summed E-state index contributed by atoms with van der Waals surface area (Å²) in [4.78, 5) is 40.8. The first-order valence-corrected chi connectivity index (χ1v) is 7.37. The van der Waals surface area contributed by atoms with Crippen LogP contribution in [0.5, 0.6) is 0 Å². The minimum atomic E-state index is -0.935. The van der Waals surface area contributed by atoms with Crippen molar-refractivity contribution in [3.05, 3.63) is 50.0 Å². The van der Waals surface area contributed by atoms with Gasteiger partial charge in [-0.1, -0.05) is 26.3 Å². The Labute approximate surface area is 153 Å². The van der Waals surface area contributed by atoms with E-state index in [1.54, 1.807) is 0 Å². The Morgan fingerprint density at radius 2 is 1.00 bits per heavy atom. The van der Waals surface area contributed by atoms with Crippen molar-refractivity contribution in [3.63, 3.8) is 0 Å². The van der Waals surface area contributed by atoms with Gasteiger partial charge in [0.2, 0.25) is 0 Å². The third kappa shape index (κ3) is 25.8. The molecule has 0 aromatic heterocycles. The second kappa shape index (κ2) is 18.2. The number of aliphatic carboxylic acids is 2. The van der Waals surface area contributed by atoms with E-state index in [1.807, 2.05) is 0 Å². The van der Waals surface area contributed by atoms with Gasteiger partial charge in [0.1, 0.15) is 0 Å². The van der Waals surface area contributed by atoms with E-state index >= 15 is 0 Å². The Balaban J connectivity index is -0.000000364. The van der Waals surface area contributed by atoms with Crippen molar-refractivity contribution >= 4 is 23.9 Å². The fraction of sp³-hybridized carbons (Fsp3) is 0.333. The molecule has 0 saturated carbocycles. The van der Waals surface area contributed by atoms with Crippen LogP contribution in [0.2, 0.25) is 0 Å². The van der Waals surface area contributed by atoms with E-state index in [-0.39, 0.29) is 35.9 Å². The monoisotopic (exact) mass is 370 g/mol. The summed E-state index contributed by atoms with van der Waals surface area (Å²) in [5.74, 6) is -2.54. The highest BCUT2D eigenvalue weighted by Gasteiger charge is 2.03. The van der Waals surface area contributed by atoms with E-state index in [9.17, 15) is 19.2 Å². The van der Waals surface area contributed by atoms with Crippen LogP contribution in [0.1, 0.15) is 39.5 Å². The number of esters is 2. The van der Waals surface area contributed by atoms with Gasteiger partial charge in [-0.3, -0.25) is 9.59 Å². The van der Waals surface area contributed by atoms with Gasteiger partial charge in [0.05, 0.1) is 12.5 Å². The molecule has 8 nitrogen and oxygen atoms in total. The van der Waals surface area contributed by atoms with E-state index in [0.717, 1.165) is 12.5 Å². The SMILES string of the molecule is C=C(C)C(=O)O.C=C(C)C(=O)O.C=COC(=O)CCCCC(=O)OC=C. The molecule has 0 atom stereocenters. The second-order valence-electron chi connectivity index (χ2n) is 4.69. The molecule has 0 aromatic rings. The van der Waals surface area contributed by atoms with Crippen molar-refractivity contribution in [1.29, 1.82) is 0 Å². The van der Waals surface area contributed by atoms with Crippen molar-refractivity contribution in [1.82, 2.24) is 0 Å². The van der Waals surface area contributed by atoms with Crippen LogP contribution in [0.15, 0.2) is 50.0 Å². The van der Waals surface area contributed by atoms with E-state index in [4.69, 9.17) is 10.2 Å². The van der Waals surface area contributed by atoms with Crippen molar-refractivity contribution < 1.29 is 38.9 Å². The normalized spacial score (nSPS) is 8.23. The van der Waals surface area contributed by atoms with Crippen molar-refractivity contribution in [3.8, 4) is 0 Å². The van der Waals surface area contributed by atoms with Gasteiger partial charge in [-0.2, -0.15) is 0 Å². The highest BCUT2D eigenvalue weighted by Crippen LogP contribution is 2.02. The Hall–Kier alpha value is -3.16. The second-order valence-corrected chi connectivity index (χ2v) is 4.69. The zero-order valence-electron chi connectivity index (χ0n) is 15.2. The van der Waals surface area contributed by atoms with Gasteiger partial charge in [0.25, 0.3) is 0 Å². The van der Waals surface area contributed by atoms with Gasteiger partial charge >= 0.3 is 23.9 Å². The maximum Gasteiger partial charge on any atom is 0.330 e. The highest BCUT2D eigenvalue weighted by atomic mass is 16.5. The van der Waals surface area contributed by atoms with Gasteiger partial charge in [0.15, 0.2) is 0 Å². The molecule has 2 N–H and O–H groups in total. The molecule has 0 heterocycles. The van der Waals surface area contributed by atoms with Crippen molar-refractivity contribution in [2.24, 2.45) is 0 Å². The van der Waals surface area contributed by atoms with Crippen LogP contribution in [0.3, 0.4) is 0 Å². The van der Waals surface area contributed by atoms with E-state index < -0.39 is 11.9 Å². The quantitative estimate of drug-likeness (QED) is 0.274. The number of hydrogen-bond acceptors (Lipinski definition) is 6. The Kier molecular flexibility index (Phi) is 19.4. The lowest BCUT2D eigenvalue weighted by Crippen LogP contribution is -2.01. The molecule has 8 heteroatoms. The average molecular weight is 370 g/mol. The molecule has 0 aliphatic heterocycles. The number of unbranched alkanes of at least 4 members (excludes halogenated alkanes) is 1. The first kappa shape index (κ1) is 27.7. The fourth-order valence-corrected chi connectivity index (χ4v) is 0.842. The minimum absolute atomic E-state index is 0.176. The molecule has 0 aromatic carbocycles. The molecular weight excluding hydrogens is 344 g/mol. The van der Waals surface area contributed by atoms with E-state index in [1.165, 1.54) is 13.8 Å². The zero-order valence-corrected chi connectivity index (χ0v) is 15.2. The Morgan fingerprint density at radius 3 is 1.15 bits per heavy atom. The van der Waals surface area contributed by atoms with Crippen LogP contribution < -0.4 is 0 Å². The molecule has 26 heavy (non-hydrogen) atoms. The molecule has 146 valence electrons. The summed E-state index contributed by atoms with van der Waals surface area (Å²) in [6.45, 7) is 15.7. The van der Waals surface area contributed by atoms with Crippen LogP contribution >= 0.6 is 0 Å². The first-order valence-electron chi connectivity index (χ1n) is 7.37. The number of rotatable bonds is 9. The first-order chi connectivity index (χ1) is 12.0. The average Bonchev–Trinajstić information content (AvgIpc) is 2.53. The summed E-state index contributed by atoms with van der Waals surface area (Å²) in [7, 11) is 0. The molecule has 0 spiro atoms. The third-order valence-corrected chi connectivity index (χ3v) is 2.17. The van der Waals surface area contributed by atoms with Crippen LogP contribution in [0, 0.1) is 0 Å². The van der Waals surface area contributed by atoms with E-state index in [0.29, 0.717) is 12.8 Å². The smallest absolute Gasteiger partial charge is 0.330 e. The number of carbonyl (C=O) groups is 4.